The SMILES string of the molecule is C[C@@H](NC1CCN(C(=O)N(C)C)CC1)c1ccccn1. The van der Waals surface area contributed by atoms with Crippen molar-refractivity contribution >= 4 is 6.03 Å². The number of carbonyl (C=O) groups excluding carboxylic acids is 1. The number of hydrogen-bond donors (Lipinski definition) is 1. The number of likely N-dealkylation sites (tertiary alicyclic amines) is 1. The second-order valence-corrected chi connectivity index (χ2v) is 5.58. The number of hydrogen-bond acceptors (Lipinski definition) is 3. The molecule has 0 bridgehead atoms. The van der Waals surface area contributed by atoms with E-state index in [-0.39, 0.29) is 12.1 Å². The molecule has 2 rings (SSSR count). The van der Waals surface area contributed by atoms with Gasteiger partial charge in [-0.3, -0.25) is 4.98 Å². The van der Waals surface area contributed by atoms with E-state index in [0.29, 0.717) is 6.04 Å². The molecule has 5 nitrogen and oxygen atoms in total. The van der Waals surface area contributed by atoms with E-state index < -0.39 is 0 Å². The van der Waals surface area contributed by atoms with Crippen LogP contribution in [-0.4, -0.2) is 54.0 Å². The van der Waals surface area contributed by atoms with Gasteiger partial charge in [0.25, 0.3) is 0 Å². The average Bonchev–Trinajstić information content (AvgIpc) is 2.48. The first-order valence-corrected chi connectivity index (χ1v) is 7.21. The average molecular weight is 276 g/mol. The molecule has 1 aliphatic heterocycles. The second-order valence-electron chi connectivity index (χ2n) is 5.58. The van der Waals surface area contributed by atoms with E-state index in [0.717, 1.165) is 31.6 Å². The van der Waals surface area contributed by atoms with E-state index >= 15 is 0 Å². The van der Waals surface area contributed by atoms with E-state index in [1.807, 2.05) is 29.3 Å². The normalized spacial score (nSPS) is 17.9. The number of urea groups is 1. The molecule has 0 unspecified atom stereocenters. The third-order valence-corrected chi connectivity index (χ3v) is 3.77. The van der Waals surface area contributed by atoms with Crippen molar-refractivity contribution in [3.05, 3.63) is 30.1 Å². The first-order valence-electron chi connectivity index (χ1n) is 7.21. The highest BCUT2D eigenvalue weighted by molar-refractivity contribution is 5.73. The molecular formula is C15H24N4O. The molecule has 1 fully saturated rings. The summed E-state index contributed by atoms with van der Waals surface area (Å²) in [6, 6.07) is 6.81. The fourth-order valence-corrected chi connectivity index (χ4v) is 2.59. The predicted molar refractivity (Wildman–Crippen MR) is 79.5 cm³/mol. The van der Waals surface area contributed by atoms with Gasteiger partial charge < -0.3 is 15.1 Å². The Labute approximate surface area is 121 Å². The molecule has 1 N–H and O–H groups in total. The Balaban J connectivity index is 1.81. The van der Waals surface area contributed by atoms with Crippen molar-refractivity contribution in [3.63, 3.8) is 0 Å². The molecule has 1 atom stereocenters. The van der Waals surface area contributed by atoms with Crippen LogP contribution in [0.3, 0.4) is 0 Å². The fourth-order valence-electron chi connectivity index (χ4n) is 2.59. The van der Waals surface area contributed by atoms with Gasteiger partial charge >= 0.3 is 6.03 Å². The third kappa shape index (κ3) is 3.70. The molecular weight excluding hydrogens is 252 g/mol. The molecule has 1 aliphatic rings. The molecule has 0 saturated carbocycles. The van der Waals surface area contributed by atoms with Crippen molar-refractivity contribution in [1.29, 1.82) is 0 Å². The molecule has 2 heterocycles. The molecule has 0 aromatic carbocycles. The summed E-state index contributed by atoms with van der Waals surface area (Å²) in [4.78, 5) is 19.8. The summed E-state index contributed by atoms with van der Waals surface area (Å²) in [5.41, 5.74) is 1.07. The Morgan fingerprint density at radius 1 is 1.40 bits per heavy atom. The van der Waals surface area contributed by atoms with Crippen LogP contribution in [0.1, 0.15) is 31.5 Å². The van der Waals surface area contributed by atoms with E-state index in [2.05, 4.69) is 17.2 Å². The summed E-state index contributed by atoms with van der Waals surface area (Å²) >= 11 is 0. The minimum atomic E-state index is 0.112. The van der Waals surface area contributed by atoms with Crippen molar-refractivity contribution in [1.82, 2.24) is 20.1 Å². The fraction of sp³-hybridized carbons (Fsp3) is 0.600. The minimum Gasteiger partial charge on any atom is -0.331 e. The Morgan fingerprint density at radius 3 is 2.65 bits per heavy atom. The van der Waals surface area contributed by atoms with Crippen LogP contribution in [0.15, 0.2) is 24.4 Å². The maximum Gasteiger partial charge on any atom is 0.319 e. The number of piperidine rings is 1. The number of nitrogens with one attached hydrogen (secondary N) is 1. The Kier molecular flexibility index (Phi) is 4.95. The Hall–Kier alpha value is -1.62. The Morgan fingerprint density at radius 2 is 2.10 bits per heavy atom. The molecule has 1 aromatic heterocycles. The van der Waals surface area contributed by atoms with Gasteiger partial charge in [-0.1, -0.05) is 6.07 Å². The number of pyridine rings is 1. The van der Waals surface area contributed by atoms with E-state index in [9.17, 15) is 4.79 Å². The third-order valence-electron chi connectivity index (χ3n) is 3.77. The van der Waals surface area contributed by atoms with Gasteiger partial charge in [-0.05, 0) is 31.9 Å². The maximum absolute atomic E-state index is 11.9. The maximum atomic E-state index is 11.9. The van der Waals surface area contributed by atoms with Crippen LogP contribution in [0.5, 0.6) is 0 Å². The molecule has 0 spiro atoms. The number of amides is 2. The van der Waals surface area contributed by atoms with Crippen molar-refractivity contribution < 1.29 is 4.79 Å². The Bertz CT molecular complexity index is 427. The molecule has 1 aromatic rings. The summed E-state index contributed by atoms with van der Waals surface area (Å²) in [5, 5.41) is 3.61. The quantitative estimate of drug-likeness (QED) is 0.917. The van der Waals surface area contributed by atoms with Crippen LogP contribution in [-0.2, 0) is 0 Å². The highest BCUT2D eigenvalue weighted by Crippen LogP contribution is 2.16. The molecule has 20 heavy (non-hydrogen) atoms. The predicted octanol–water partition coefficient (Wildman–Crippen LogP) is 1.88. The molecule has 1 saturated heterocycles. The summed E-state index contributed by atoms with van der Waals surface area (Å²) in [5.74, 6) is 0. The lowest BCUT2D eigenvalue weighted by atomic mass is 10.0. The summed E-state index contributed by atoms with van der Waals surface area (Å²) in [7, 11) is 3.60. The largest absolute Gasteiger partial charge is 0.331 e. The van der Waals surface area contributed by atoms with E-state index in [1.54, 1.807) is 19.0 Å². The zero-order valence-electron chi connectivity index (χ0n) is 12.5. The van der Waals surface area contributed by atoms with Crippen molar-refractivity contribution in [2.75, 3.05) is 27.2 Å². The standard InChI is InChI=1S/C15H24N4O/c1-12(14-6-4-5-9-16-14)17-13-7-10-19(11-8-13)15(20)18(2)3/h4-6,9,12-13,17H,7-8,10-11H2,1-3H3/t12-/m1/s1. The van der Waals surface area contributed by atoms with Gasteiger partial charge in [0, 0.05) is 45.5 Å². The first-order chi connectivity index (χ1) is 9.58. The molecule has 0 radical (unpaired) electrons. The van der Waals surface area contributed by atoms with Crippen LogP contribution in [0, 0.1) is 0 Å². The van der Waals surface area contributed by atoms with Crippen LogP contribution in [0.2, 0.25) is 0 Å². The van der Waals surface area contributed by atoms with Gasteiger partial charge in [-0.2, -0.15) is 0 Å². The number of carbonyl (C=O) groups is 1. The van der Waals surface area contributed by atoms with Gasteiger partial charge in [0.05, 0.1) is 5.69 Å². The lowest BCUT2D eigenvalue weighted by molar-refractivity contribution is 0.151. The van der Waals surface area contributed by atoms with Gasteiger partial charge in [-0.25, -0.2) is 4.79 Å². The van der Waals surface area contributed by atoms with Gasteiger partial charge in [0.15, 0.2) is 0 Å². The van der Waals surface area contributed by atoms with Crippen LogP contribution in [0.4, 0.5) is 4.79 Å². The zero-order chi connectivity index (χ0) is 14.5. The number of aromatic nitrogens is 1. The highest BCUT2D eigenvalue weighted by atomic mass is 16.2. The number of rotatable bonds is 3. The highest BCUT2D eigenvalue weighted by Gasteiger charge is 2.24. The lowest BCUT2D eigenvalue weighted by Crippen LogP contribution is -2.48. The monoisotopic (exact) mass is 276 g/mol. The van der Waals surface area contributed by atoms with E-state index in [4.69, 9.17) is 0 Å². The van der Waals surface area contributed by atoms with Gasteiger partial charge in [-0.15, -0.1) is 0 Å². The molecule has 5 heteroatoms. The van der Waals surface area contributed by atoms with Crippen molar-refractivity contribution in [2.45, 2.75) is 31.8 Å². The first kappa shape index (κ1) is 14.8. The lowest BCUT2D eigenvalue weighted by Gasteiger charge is -2.35. The summed E-state index contributed by atoms with van der Waals surface area (Å²) in [6.07, 6.45) is 3.82. The smallest absolute Gasteiger partial charge is 0.319 e. The molecule has 2 amide bonds. The molecule has 0 aliphatic carbocycles. The zero-order valence-corrected chi connectivity index (χ0v) is 12.5. The second kappa shape index (κ2) is 6.70. The topological polar surface area (TPSA) is 48.5 Å². The van der Waals surface area contributed by atoms with E-state index in [1.165, 1.54) is 0 Å². The van der Waals surface area contributed by atoms with Gasteiger partial charge in [0.1, 0.15) is 0 Å². The van der Waals surface area contributed by atoms with Crippen LogP contribution < -0.4 is 5.32 Å². The number of nitrogens with zero attached hydrogens (tertiary/aromatic N) is 3. The molecule has 110 valence electrons. The summed E-state index contributed by atoms with van der Waals surface area (Å²) in [6.45, 7) is 3.78. The van der Waals surface area contributed by atoms with Crippen LogP contribution >= 0.6 is 0 Å². The summed E-state index contributed by atoms with van der Waals surface area (Å²) < 4.78 is 0. The minimum absolute atomic E-state index is 0.112. The van der Waals surface area contributed by atoms with Crippen LogP contribution in [0.25, 0.3) is 0 Å². The van der Waals surface area contributed by atoms with Gasteiger partial charge in [0.2, 0.25) is 0 Å². The van der Waals surface area contributed by atoms with Crippen molar-refractivity contribution in [3.8, 4) is 0 Å². The van der Waals surface area contributed by atoms with Crippen molar-refractivity contribution in [2.24, 2.45) is 0 Å².